The van der Waals surface area contributed by atoms with Crippen molar-refractivity contribution in [2.24, 2.45) is 0 Å². The van der Waals surface area contributed by atoms with E-state index in [1.54, 1.807) is 24.3 Å². The van der Waals surface area contributed by atoms with E-state index in [-0.39, 0.29) is 25.1 Å². The highest BCUT2D eigenvalue weighted by Crippen LogP contribution is 2.28. The molecule has 1 aliphatic rings. The van der Waals surface area contributed by atoms with Crippen molar-refractivity contribution in [1.29, 1.82) is 0 Å². The summed E-state index contributed by atoms with van der Waals surface area (Å²) in [6.07, 6.45) is -0.811. The van der Waals surface area contributed by atoms with Crippen LogP contribution >= 0.6 is 11.6 Å². The van der Waals surface area contributed by atoms with Gasteiger partial charge in [-0.15, -0.1) is 0 Å². The molecule has 0 spiro atoms. The maximum Gasteiger partial charge on any atom is 0.310 e. The molecule has 0 saturated carbocycles. The van der Waals surface area contributed by atoms with Gasteiger partial charge < -0.3 is 20.4 Å². The van der Waals surface area contributed by atoms with Crippen LogP contribution in [-0.2, 0) is 11.3 Å². The number of hydrogen-bond acceptors (Lipinski definition) is 6. The third kappa shape index (κ3) is 4.64. The molecule has 2 atom stereocenters. The van der Waals surface area contributed by atoms with E-state index in [0.29, 0.717) is 5.02 Å². The highest BCUT2D eigenvalue weighted by atomic mass is 35.5. The Morgan fingerprint density at radius 3 is 2.55 bits per heavy atom. The number of phenolic OH excluding ortho intramolecular Hbond substituents is 1. The molecule has 2 aromatic rings. The second kappa shape index (κ2) is 8.46. The number of carbonyl (C=O) groups is 2. The van der Waals surface area contributed by atoms with Crippen LogP contribution in [0.2, 0.25) is 5.02 Å². The van der Waals surface area contributed by atoms with Crippen LogP contribution in [0.25, 0.3) is 0 Å². The van der Waals surface area contributed by atoms with Crippen LogP contribution < -0.4 is 5.32 Å². The number of hydrogen-bond donors (Lipinski definition) is 3. The molecule has 0 bridgehead atoms. The summed E-state index contributed by atoms with van der Waals surface area (Å²) in [6.45, 7) is 0.165. The van der Waals surface area contributed by atoms with Gasteiger partial charge in [-0.3, -0.25) is 19.7 Å². The minimum absolute atomic E-state index is 0.0160. The van der Waals surface area contributed by atoms with Gasteiger partial charge in [0.05, 0.1) is 11.0 Å². The largest absolute Gasteiger partial charge is 0.502 e. The lowest BCUT2D eigenvalue weighted by Crippen LogP contribution is -2.45. The van der Waals surface area contributed by atoms with Crippen molar-refractivity contribution in [1.82, 2.24) is 10.2 Å². The number of benzene rings is 2. The molecule has 1 aliphatic heterocycles. The number of carbonyl (C=O) groups excluding carboxylic acids is 2. The Morgan fingerprint density at radius 1 is 1.24 bits per heavy atom. The Hall–Kier alpha value is -3.17. The first-order valence-corrected chi connectivity index (χ1v) is 9.12. The van der Waals surface area contributed by atoms with Crippen LogP contribution in [0, 0.1) is 10.1 Å². The molecule has 1 heterocycles. The minimum Gasteiger partial charge on any atom is -0.502 e. The number of aliphatic hydroxyl groups excluding tert-OH is 1. The Kier molecular flexibility index (Phi) is 6.00. The number of aliphatic hydroxyl groups is 1. The summed E-state index contributed by atoms with van der Waals surface area (Å²) in [5, 5.41) is 33.8. The number of nitrogens with zero attached hydrogens (tertiary/aromatic N) is 2. The summed E-state index contributed by atoms with van der Waals surface area (Å²) >= 11 is 5.83. The van der Waals surface area contributed by atoms with Crippen molar-refractivity contribution in [2.75, 3.05) is 6.54 Å². The number of aromatic hydroxyl groups is 1. The molecule has 3 N–H and O–H groups in total. The Labute approximate surface area is 170 Å². The number of nitrogens with one attached hydrogen (secondary N) is 1. The topological polar surface area (TPSA) is 133 Å². The fourth-order valence-electron chi connectivity index (χ4n) is 3.17. The Bertz CT molecular complexity index is 949. The van der Waals surface area contributed by atoms with Gasteiger partial charge in [0.2, 0.25) is 5.91 Å². The van der Waals surface area contributed by atoms with Gasteiger partial charge in [0.1, 0.15) is 6.04 Å². The summed E-state index contributed by atoms with van der Waals surface area (Å²) < 4.78 is 0. The maximum atomic E-state index is 12.8. The number of nitro groups is 1. The zero-order chi connectivity index (χ0) is 21.1. The molecule has 0 aromatic heterocycles. The third-order valence-corrected chi connectivity index (χ3v) is 4.89. The normalized spacial score (nSPS) is 18.5. The number of likely N-dealkylation sites (tertiary alicyclic amines) is 1. The predicted molar refractivity (Wildman–Crippen MR) is 104 cm³/mol. The number of β-amino-alcohol motifs (C(OH)–C–C–N with tert-alkyl or cyclic N) is 1. The first kappa shape index (κ1) is 20.6. The van der Waals surface area contributed by atoms with Crippen molar-refractivity contribution < 1.29 is 24.7 Å². The SMILES string of the molecule is O=C(NCc1ccc(Cl)cc1)[C@@H]1C[C@@H](O)CN1C(=O)c1ccc([N+](=O)[O-])c(O)c1. The van der Waals surface area contributed by atoms with Gasteiger partial charge in [0, 0.05) is 36.2 Å². The van der Waals surface area contributed by atoms with Gasteiger partial charge in [0.15, 0.2) is 5.75 Å². The molecule has 2 aromatic carbocycles. The molecule has 152 valence electrons. The van der Waals surface area contributed by atoms with Gasteiger partial charge in [0.25, 0.3) is 5.91 Å². The van der Waals surface area contributed by atoms with E-state index in [2.05, 4.69) is 5.32 Å². The lowest BCUT2D eigenvalue weighted by Gasteiger charge is -2.23. The molecule has 0 aliphatic carbocycles. The first-order chi connectivity index (χ1) is 13.8. The standard InChI is InChI=1S/C19H18ClN3O6/c20-13-4-1-11(2-5-13)9-21-18(26)16-8-14(24)10-22(16)19(27)12-3-6-15(23(28)29)17(25)7-12/h1-7,14,16,24-25H,8-10H2,(H,21,26)/t14-,16+/m1/s1. The molecule has 1 saturated heterocycles. The van der Waals surface area contributed by atoms with E-state index in [1.807, 2.05) is 0 Å². The molecule has 3 rings (SSSR count). The predicted octanol–water partition coefficient (Wildman–Crippen LogP) is 1.85. The molecule has 0 radical (unpaired) electrons. The monoisotopic (exact) mass is 419 g/mol. The van der Waals surface area contributed by atoms with E-state index in [1.165, 1.54) is 11.0 Å². The summed E-state index contributed by atoms with van der Waals surface area (Å²) in [7, 11) is 0. The summed E-state index contributed by atoms with van der Waals surface area (Å²) in [6, 6.07) is 9.20. The van der Waals surface area contributed by atoms with Crippen molar-refractivity contribution in [3.63, 3.8) is 0 Å². The zero-order valence-electron chi connectivity index (χ0n) is 15.1. The van der Waals surface area contributed by atoms with E-state index in [4.69, 9.17) is 11.6 Å². The third-order valence-electron chi connectivity index (χ3n) is 4.64. The molecule has 29 heavy (non-hydrogen) atoms. The quantitative estimate of drug-likeness (QED) is 0.500. The van der Waals surface area contributed by atoms with Gasteiger partial charge in [-0.1, -0.05) is 23.7 Å². The molecule has 2 amide bonds. The number of halogens is 1. The first-order valence-electron chi connectivity index (χ1n) is 8.75. The number of phenols is 1. The lowest BCUT2D eigenvalue weighted by molar-refractivity contribution is -0.385. The van der Waals surface area contributed by atoms with Crippen LogP contribution in [0.15, 0.2) is 42.5 Å². The smallest absolute Gasteiger partial charge is 0.310 e. The summed E-state index contributed by atoms with van der Waals surface area (Å²) in [4.78, 5) is 36.6. The second-order valence-corrected chi connectivity index (χ2v) is 7.10. The average Bonchev–Trinajstić information content (AvgIpc) is 3.08. The zero-order valence-corrected chi connectivity index (χ0v) is 15.9. The molecule has 10 heteroatoms. The van der Waals surface area contributed by atoms with Crippen LogP contribution in [-0.4, -0.2) is 50.5 Å². The molecular formula is C19H18ClN3O6. The van der Waals surface area contributed by atoms with Crippen molar-refractivity contribution in [3.8, 4) is 5.75 Å². The van der Waals surface area contributed by atoms with Gasteiger partial charge >= 0.3 is 5.69 Å². The van der Waals surface area contributed by atoms with Crippen LogP contribution in [0.4, 0.5) is 5.69 Å². The Balaban J connectivity index is 1.72. The van der Waals surface area contributed by atoms with Crippen LogP contribution in [0.5, 0.6) is 5.75 Å². The number of nitro benzene ring substituents is 1. The highest BCUT2D eigenvalue weighted by Gasteiger charge is 2.39. The molecular weight excluding hydrogens is 402 g/mol. The van der Waals surface area contributed by atoms with E-state index in [9.17, 15) is 29.9 Å². The average molecular weight is 420 g/mol. The van der Waals surface area contributed by atoms with Crippen molar-refractivity contribution >= 4 is 29.1 Å². The minimum atomic E-state index is -0.901. The molecule has 1 fully saturated rings. The van der Waals surface area contributed by atoms with Crippen LogP contribution in [0.1, 0.15) is 22.3 Å². The van der Waals surface area contributed by atoms with E-state index in [0.717, 1.165) is 17.7 Å². The fraction of sp³-hybridized carbons (Fsp3) is 0.263. The lowest BCUT2D eigenvalue weighted by atomic mass is 10.1. The van der Waals surface area contributed by atoms with Gasteiger partial charge in [-0.2, -0.15) is 0 Å². The Morgan fingerprint density at radius 2 is 1.93 bits per heavy atom. The maximum absolute atomic E-state index is 12.8. The van der Waals surface area contributed by atoms with E-state index < -0.39 is 40.3 Å². The van der Waals surface area contributed by atoms with E-state index >= 15 is 0 Å². The number of rotatable bonds is 5. The number of amides is 2. The van der Waals surface area contributed by atoms with Crippen molar-refractivity contribution in [2.45, 2.75) is 25.1 Å². The van der Waals surface area contributed by atoms with Crippen molar-refractivity contribution in [3.05, 3.63) is 68.7 Å². The summed E-state index contributed by atoms with van der Waals surface area (Å²) in [5.41, 5.74) is 0.275. The van der Waals surface area contributed by atoms with Gasteiger partial charge in [-0.05, 0) is 29.8 Å². The van der Waals surface area contributed by atoms with Crippen LogP contribution in [0.3, 0.4) is 0 Å². The summed E-state index contributed by atoms with van der Waals surface area (Å²) in [5.74, 6) is -1.70. The second-order valence-electron chi connectivity index (χ2n) is 6.67. The highest BCUT2D eigenvalue weighted by molar-refractivity contribution is 6.30. The molecule has 0 unspecified atom stereocenters. The van der Waals surface area contributed by atoms with Gasteiger partial charge in [-0.25, -0.2) is 0 Å². The fourth-order valence-corrected chi connectivity index (χ4v) is 3.30. The molecule has 9 nitrogen and oxygen atoms in total.